The van der Waals surface area contributed by atoms with Crippen LogP contribution in [0.2, 0.25) is 0 Å². The summed E-state index contributed by atoms with van der Waals surface area (Å²) in [6.45, 7) is 27.5. The highest BCUT2D eigenvalue weighted by Crippen LogP contribution is 2.58. The molecule has 6 heteroatoms. The van der Waals surface area contributed by atoms with Gasteiger partial charge >= 0.3 is 0 Å². The molecule has 2 fully saturated rings. The third-order valence-corrected chi connectivity index (χ3v) is 21.9. The van der Waals surface area contributed by atoms with Gasteiger partial charge in [0.05, 0.1) is 39.6 Å². The van der Waals surface area contributed by atoms with Crippen LogP contribution in [-0.4, -0.2) is 102 Å². The number of fused-ring (bicyclic) bond motifs is 6. The summed E-state index contributed by atoms with van der Waals surface area (Å²) in [6.07, 6.45) is 26.5. The average molecular weight is 1190 g/mol. The van der Waals surface area contributed by atoms with Gasteiger partial charge in [0.15, 0.2) is 0 Å². The maximum atomic E-state index is 6.35. The van der Waals surface area contributed by atoms with Crippen LogP contribution < -0.4 is 0 Å². The monoisotopic (exact) mass is 1190 g/mol. The van der Waals surface area contributed by atoms with Crippen LogP contribution in [0, 0.1) is 10.8 Å². The fourth-order valence-corrected chi connectivity index (χ4v) is 15.7. The number of nitrogens with zero attached hydrogens (tertiary/aromatic N) is 2. The van der Waals surface area contributed by atoms with E-state index in [1.807, 2.05) is 0 Å². The van der Waals surface area contributed by atoms with Gasteiger partial charge in [-0.25, -0.2) is 0 Å². The first kappa shape index (κ1) is 66.0. The first-order valence-corrected chi connectivity index (χ1v) is 35.7. The van der Waals surface area contributed by atoms with E-state index in [9.17, 15) is 0 Å². The van der Waals surface area contributed by atoms with E-state index in [4.69, 9.17) is 18.9 Å². The largest absolute Gasteiger partial charge is 0.381 e. The van der Waals surface area contributed by atoms with E-state index in [-0.39, 0.29) is 21.7 Å². The van der Waals surface area contributed by atoms with Crippen molar-refractivity contribution in [2.75, 3.05) is 92.1 Å². The minimum atomic E-state index is -0.102. The Morgan fingerprint density at radius 1 is 0.330 bits per heavy atom. The van der Waals surface area contributed by atoms with Crippen LogP contribution in [0.15, 0.2) is 133 Å². The average Bonchev–Trinajstić information content (AvgIpc) is 1.64. The third kappa shape index (κ3) is 15.5. The molecule has 0 aromatic heterocycles. The lowest BCUT2D eigenvalue weighted by Gasteiger charge is -2.40. The van der Waals surface area contributed by atoms with Crippen LogP contribution in [0.25, 0.3) is 55.6 Å². The van der Waals surface area contributed by atoms with Crippen LogP contribution in [0.4, 0.5) is 0 Å². The Bertz CT molecular complexity index is 2990. The fraction of sp³-hybridized carbons (Fsp3) is 0.561. The Morgan fingerprint density at radius 2 is 0.625 bits per heavy atom. The molecule has 4 aliphatic rings. The van der Waals surface area contributed by atoms with Crippen molar-refractivity contribution in [2.24, 2.45) is 10.8 Å². The Hall–Kier alpha value is -4.92. The van der Waals surface area contributed by atoms with Gasteiger partial charge in [0, 0.05) is 34.9 Å². The zero-order chi connectivity index (χ0) is 61.1. The summed E-state index contributed by atoms with van der Waals surface area (Å²) in [6, 6.07) is 52.8. The summed E-state index contributed by atoms with van der Waals surface area (Å²) < 4.78 is 23.9. The quantitative estimate of drug-likeness (QED) is 0.0357. The number of hydrogen-bond acceptors (Lipinski definition) is 6. The van der Waals surface area contributed by atoms with Gasteiger partial charge in [-0.05, 0) is 206 Å². The molecule has 10 rings (SSSR count). The second kappa shape index (κ2) is 32.4. The molecule has 2 heterocycles. The van der Waals surface area contributed by atoms with E-state index >= 15 is 0 Å². The van der Waals surface area contributed by atoms with Crippen molar-refractivity contribution in [2.45, 2.75) is 194 Å². The van der Waals surface area contributed by atoms with Gasteiger partial charge in [0.25, 0.3) is 0 Å². The van der Waals surface area contributed by atoms with E-state index in [1.54, 1.807) is 22.3 Å². The molecule has 6 aromatic rings. The molecule has 0 N–H and O–H groups in total. The van der Waals surface area contributed by atoms with E-state index in [0.717, 1.165) is 118 Å². The summed E-state index contributed by atoms with van der Waals surface area (Å²) >= 11 is 0. The smallest absolute Gasteiger partial charge is 0.0566 e. The van der Waals surface area contributed by atoms with Crippen LogP contribution >= 0.6 is 0 Å². The van der Waals surface area contributed by atoms with Crippen molar-refractivity contribution in [3.63, 3.8) is 0 Å². The molecule has 0 bridgehead atoms. The lowest BCUT2D eigenvalue weighted by Crippen LogP contribution is -2.45. The zero-order valence-electron chi connectivity index (χ0n) is 55.7. The summed E-state index contributed by atoms with van der Waals surface area (Å²) in [5.41, 5.74) is 20.3. The van der Waals surface area contributed by atoms with Gasteiger partial charge in [0.2, 0.25) is 0 Å². The molecule has 0 saturated carbocycles. The topological polar surface area (TPSA) is 43.4 Å². The molecule has 2 saturated heterocycles. The molecule has 0 radical (unpaired) electrons. The van der Waals surface area contributed by atoms with E-state index in [1.165, 1.54) is 171 Å². The van der Waals surface area contributed by atoms with Gasteiger partial charge in [-0.3, -0.25) is 0 Å². The first-order chi connectivity index (χ1) is 43.3. The van der Waals surface area contributed by atoms with E-state index in [0.29, 0.717) is 0 Å². The van der Waals surface area contributed by atoms with Crippen LogP contribution in [0.5, 0.6) is 0 Å². The molecule has 0 atom stereocenters. The molecular weight excluding hydrogens is 1080 g/mol. The second-order valence-corrected chi connectivity index (χ2v) is 27.4. The summed E-state index contributed by atoms with van der Waals surface area (Å²) in [7, 11) is 0. The minimum absolute atomic E-state index is 0.0596. The second-order valence-electron chi connectivity index (χ2n) is 27.4. The summed E-state index contributed by atoms with van der Waals surface area (Å²) in [5, 5.41) is 0. The predicted molar refractivity (Wildman–Crippen MR) is 372 cm³/mol. The highest BCUT2D eigenvalue weighted by atomic mass is 16.5. The van der Waals surface area contributed by atoms with Crippen molar-refractivity contribution in [1.82, 2.24) is 9.80 Å². The number of unbranched alkanes of at least 4 members (excludes halogenated alkanes) is 12. The van der Waals surface area contributed by atoms with Gasteiger partial charge in [0.1, 0.15) is 0 Å². The zero-order valence-corrected chi connectivity index (χ0v) is 55.7. The van der Waals surface area contributed by atoms with E-state index in [2.05, 4.69) is 185 Å². The number of rotatable bonds is 41. The number of hydrogen-bond donors (Lipinski definition) is 0. The van der Waals surface area contributed by atoms with Gasteiger partial charge in [-0.15, -0.1) is 0 Å². The molecule has 474 valence electrons. The molecule has 88 heavy (non-hydrogen) atoms. The van der Waals surface area contributed by atoms with Crippen LogP contribution in [0.3, 0.4) is 0 Å². The normalized spacial score (nSPS) is 16.3. The van der Waals surface area contributed by atoms with Crippen molar-refractivity contribution < 1.29 is 18.9 Å². The van der Waals surface area contributed by atoms with Crippen LogP contribution in [-0.2, 0) is 29.8 Å². The molecule has 2 aliphatic heterocycles. The Balaban J connectivity index is 0.986. The minimum Gasteiger partial charge on any atom is -0.381 e. The third-order valence-electron chi connectivity index (χ3n) is 21.9. The highest BCUT2D eigenvalue weighted by Gasteiger charge is 2.45. The Morgan fingerprint density at radius 3 is 0.909 bits per heavy atom. The maximum Gasteiger partial charge on any atom is 0.0566 e. The SMILES string of the molecule is CCN(CC)CCCCCCC1(CCCCCCN(CC)CC)c2cc(-c3ccccc3)ccc2-c2ccc(-c3ccc4c(c3)C(CCCCCCOCC3(CC)COC3)(CCCCCCOCC3(CC)COC3)c3cc(-c5ccccc5)ccc3-4)cc21. The number of ether oxygens (including phenoxy) is 4. The predicted octanol–water partition coefficient (Wildman–Crippen LogP) is 20.6. The Kier molecular flexibility index (Phi) is 24.3. The molecule has 0 amide bonds. The molecule has 6 aromatic carbocycles. The van der Waals surface area contributed by atoms with Crippen LogP contribution in [0.1, 0.15) is 205 Å². The fourth-order valence-electron chi connectivity index (χ4n) is 15.7. The van der Waals surface area contributed by atoms with Gasteiger partial charge < -0.3 is 28.7 Å². The van der Waals surface area contributed by atoms with Crippen molar-refractivity contribution in [3.8, 4) is 55.6 Å². The van der Waals surface area contributed by atoms with Crippen molar-refractivity contribution in [3.05, 3.63) is 156 Å². The van der Waals surface area contributed by atoms with Crippen molar-refractivity contribution in [1.29, 1.82) is 0 Å². The van der Waals surface area contributed by atoms with E-state index < -0.39 is 0 Å². The molecule has 6 nitrogen and oxygen atoms in total. The molecule has 0 unspecified atom stereocenters. The van der Waals surface area contributed by atoms with Gasteiger partial charge in [-0.1, -0.05) is 228 Å². The Labute approximate surface area is 533 Å². The lowest BCUT2D eigenvalue weighted by atomic mass is 9.69. The summed E-state index contributed by atoms with van der Waals surface area (Å²) in [4.78, 5) is 5.20. The maximum absolute atomic E-state index is 6.35. The molecule has 2 aliphatic carbocycles. The first-order valence-electron chi connectivity index (χ1n) is 35.7. The lowest BCUT2D eigenvalue weighted by molar-refractivity contribution is -0.150. The standard InChI is InChI=1S/C82H112N2O4/c1-7-79(61-87-62-79)59-85-53-33-19-15-29-49-82(50-30-16-20-34-54-86-60-80(8-2)63-88-64-80)76-56-68(66-37-25-22-26-38-66)40-44-72(76)74-46-42-70(58-78(74)82)69-41-45-73-71-43-39-67(65-35-23-21-24-36-65)55-75(71)81(77(73)57-69,47-27-13-17-31-51-83(9-3)10-4)48-28-14-18-32-52-84(11-5)12-6/h21-26,35-46,55-58H,7-20,27-34,47-54,59-64H2,1-6H3. The van der Waals surface area contributed by atoms with Gasteiger partial charge in [-0.2, -0.15) is 0 Å². The van der Waals surface area contributed by atoms with Crippen molar-refractivity contribution >= 4 is 0 Å². The molecule has 0 spiro atoms. The number of benzene rings is 6. The highest BCUT2D eigenvalue weighted by molar-refractivity contribution is 5.89. The molecular formula is C82H112N2O4. The summed E-state index contributed by atoms with van der Waals surface area (Å²) in [5.74, 6) is 0.